The molecule has 0 aliphatic rings. The summed E-state index contributed by atoms with van der Waals surface area (Å²) in [7, 11) is 0. The fourth-order valence-corrected chi connectivity index (χ4v) is 1.92. The van der Waals surface area contributed by atoms with Crippen molar-refractivity contribution in [1.29, 1.82) is 5.26 Å². The molecule has 0 atom stereocenters. The minimum Gasteiger partial charge on any atom is -0.440 e. The second-order valence-electron chi connectivity index (χ2n) is 4.94. The van der Waals surface area contributed by atoms with Gasteiger partial charge in [-0.2, -0.15) is 5.26 Å². The number of nitrogens with two attached hydrogens (primary N) is 2. The molecule has 0 fully saturated rings. The molecule has 0 spiro atoms. The van der Waals surface area contributed by atoms with Crippen LogP contribution in [-0.2, 0) is 0 Å². The molecule has 2 aromatic rings. The first-order chi connectivity index (χ1) is 10.5. The largest absolute Gasteiger partial charge is 0.440 e. The Balaban J connectivity index is 2.58. The topological polar surface area (TPSA) is 114 Å². The summed E-state index contributed by atoms with van der Waals surface area (Å²) in [6.45, 7) is 3.82. The predicted octanol–water partition coefficient (Wildman–Crippen LogP) is 2.22. The molecule has 0 unspecified atom stereocenters. The second kappa shape index (κ2) is 6.28. The predicted molar refractivity (Wildman–Crippen MR) is 80.0 cm³/mol. The fourth-order valence-electron chi connectivity index (χ4n) is 1.92. The Bertz CT molecular complexity index is 740. The number of hydrogen-bond donors (Lipinski definition) is 3. The molecule has 114 valence electrons. The van der Waals surface area contributed by atoms with Crippen molar-refractivity contribution in [3.05, 3.63) is 47.2 Å². The van der Waals surface area contributed by atoms with Crippen molar-refractivity contribution in [2.75, 3.05) is 0 Å². The van der Waals surface area contributed by atoms with Crippen LogP contribution in [0, 0.1) is 17.1 Å². The minimum atomic E-state index is -0.349. The first-order valence-corrected chi connectivity index (χ1v) is 6.61. The van der Waals surface area contributed by atoms with Crippen LogP contribution in [0.1, 0.15) is 31.2 Å². The number of hydrogen-bond acceptors (Lipinski definition) is 6. The Hall–Kier alpha value is -2.85. The van der Waals surface area contributed by atoms with Crippen LogP contribution >= 0.6 is 0 Å². The van der Waals surface area contributed by atoms with E-state index in [0.717, 1.165) is 0 Å². The Kier molecular flexibility index (Phi) is 4.44. The average molecular weight is 301 g/mol. The first kappa shape index (κ1) is 15.5. The van der Waals surface area contributed by atoms with E-state index in [1.54, 1.807) is 12.1 Å². The third kappa shape index (κ3) is 2.92. The molecule has 5 N–H and O–H groups in total. The van der Waals surface area contributed by atoms with Gasteiger partial charge in [0.2, 0.25) is 5.89 Å². The molecule has 0 saturated heterocycles. The highest BCUT2D eigenvalue weighted by Crippen LogP contribution is 2.30. The van der Waals surface area contributed by atoms with Gasteiger partial charge in [0.25, 0.3) is 0 Å². The van der Waals surface area contributed by atoms with E-state index in [1.165, 1.54) is 12.1 Å². The van der Waals surface area contributed by atoms with Crippen LogP contribution in [0.25, 0.3) is 17.2 Å². The molecule has 1 aromatic heterocycles. The van der Waals surface area contributed by atoms with Crippen LogP contribution in [0.3, 0.4) is 0 Å². The van der Waals surface area contributed by atoms with Gasteiger partial charge in [-0.3, -0.25) is 0 Å². The van der Waals surface area contributed by atoms with Crippen molar-refractivity contribution in [1.82, 2.24) is 10.4 Å². The molecule has 0 radical (unpaired) electrons. The molecule has 1 aromatic carbocycles. The number of benzene rings is 1. The van der Waals surface area contributed by atoms with Crippen LogP contribution in [0.15, 0.2) is 34.4 Å². The summed E-state index contributed by atoms with van der Waals surface area (Å²) in [5, 5.41) is 9.01. The van der Waals surface area contributed by atoms with E-state index in [2.05, 4.69) is 10.4 Å². The summed E-state index contributed by atoms with van der Waals surface area (Å²) in [6, 6.07) is 7.60. The number of hydrazine groups is 1. The summed E-state index contributed by atoms with van der Waals surface area (Å²) in [5.41, 5.74) is 9.25. The van der Waals surface area contributed by atoms with Gasteiger partial charge in [0.1, 0.15) is 23.3 Å². The summed E-state index contributed by atoms with van der Waals surface area (Å²) in [4.78, 5) is 4.33. The van der Waals surface area contributed by atoms with Crippen LogP contribution in [0.5, 0.6) is 0 Å². The molecule has 0 bridgehead atoms. The highest BCUT2D eigenvalue weighted by Gasteiger charge is 2.21. The lowest BCUT2D eigenvalue weighted by Crippen LogP contribution is -2.23. The smallest absolute Gasteiger partial charge is 0.226 e. The van der Waals surface area contributed by atoms with E-state index in [1.807, 2.05) is 19.9 Å². The van der Waals surface area contributed by atoms with Gasteiger partial charge >= 0.3 is 0 Å². The van der Waals surface area contributed by atoms with Crippen molar-refractivity contribution >= 4 is 5.70 Å². The van der Waals surface area contributed by atoms with Gasteiger partial charge in [0.15, 0.2) is 5.70 Å². The van der Waals surface area contributed by atoms with Crippen LogP contribution < -0.4 is 17.0 Å². The molecule has 1 heterocycles. The molecule has 0 aliphatic carbocycles. The standard InChI is InChI=1S/C15H16FN5O/c1-8(2)14-13(12(18)11(7-17)21-19)20-15(22-14)9-3-5-10(16)6-4-9/h3-6,8,21H,18-19H2,1-2H3/b12-11-. The molecule has 6 nitrogen and oxygen atoms in total. The van der Waals surface area contributed by atoms with Gasteiger partial charge in [0, 0.05) is 11.5 Å². The van der Waals surface area contributed by atoms with Gasteiger partial charge < -0.3 is 15.6 Å². The van der Waals surface area contributed by atoms with Crippen molar-refractivity contribution in [3.63, 3.8) is 0 Å². The highest BCUT2D eigenvalue weighted by atomic mass is 19.1. The highest BCUT2D eigenvalue weighted by molar-refractivity contribution is 5.69. The maximum absolute atomic E-state index is 13.0. The van der Waals surface area contributed by atoms with Gasteiger partial charge in [-0.15, -0.1) is 0 Å². The van der Waals surface area contributed by atoms with Crippen LogP contribution in [-0.4, -0.2) is 4.98 Å². The molecule has 7 heteroatoms. The SMILES string of the molecule is CC(C)c1oc(-c2ccc(F)cc2)nc1/C(N)=C(\C#N)NN. The number of oxazole rings is 1. The van der Waals surface area contributed by atoms with E-state index in [9.17, 15) is 4.39 Å². The van der Waals surface area contributed by atoms with Crippen molar-refractivity contribution < 1.29 is 8.81 Å². The van der Waals surface area contributed by atoms with Crippen molar-refractivity contribution in [3.8, 4) is 17.5 Å². The van der Waals surface area contributed by atoms with Gasteiger partial charge in [0.05, 0.1) is 5.70 Å². The molecule has 0 amide bonds. The van der Waals surface area contributed by atoms with Gasteiger partial charge in [-0.25, -0.2) is 15.2 Å². The number of nitrogens with zero attached hydrogens (tertiary/aromatic N) is 2. The monoisotopic (exact) mass is 301 g/mol. The molecular weight excluding hydrogens is 285 g/mol. The Morgan fingerprint density at radius 3 is 2.50 bits per heavy atom. The molecule has 2 rings (SSSR count). The Morgan fingerprint density at radius 1 is 1.36 bits per heavy atom. The minimum absolute atomic E-state index is 0.000793. The zero-order valence-corrected chi connectivity index (χ0v) is 12.2. The van der Waals surface area contributed by atoms with E-state index in [-0.39, 0.29) is 23.1 Å². The zero-order chi connectivity index (χ0) is 16.3. The molecular formula is C15H16FN5O. The number of aromatic nitrogens is 1. The maximum atomic E-state index is 13.0. The van der Waals surface area contributed by atoms with Crippen LogP contribution in [0.4, 0.5) is 4.39 Å². The summed E-state index contributed by atoms with van der Waals surface area (Å²) < 4.78 is 18.7. The van der Waals surface area contributed by atoms with E-state index in [4.69, 9.17) is 21.3 Å². The quantitative estimate of drug-likeness (QED) is 0.453. The maximum Gasteiger partial charge on any atom is 0.226 e. The lowest BCUT2D eigenvalue weighted by atomic mass is 10.1. The molecule has 0 aliphatic heterocycles. The van der Waals surface area contributed by atoms with Crippen molar-refractivity contribution in [2.45, 2.75) is 19.8 Å². The Labute approximate surface area is 127 Å². The zero-order valence-electron chi connectivity index (χ0n) is 12.2. The number of nitriles is 1. The molecule has 0 saturated carbocycles. The van der Waals surface area contributed by atoms with Gasteiger partial charge in [-0.05, 0) is 24.3 Å². The van der Waals surface area contributed by atoms with E-state index < -0.39 is 0 Å². The normalized spacial score (nSPS) is 12.0. The van der Waals surface area contributed by atoms with Gasteiger partial charge in [-0.1, -0.05) is 13.8 Å². The summed E-state index contributed by atoms with van der Waals surface area (Å²) in [5.74, 6) is 5.75. The van der Waals surface area contributed by atoms with Crippen molar-refractivity contribution in [2.24, 2.45) is 11.6 Å². The lowest BCUT2D eigenvalue weighted by molar-refractivity contribution is 0.494. The summed E-state index contributed by atoms with van der Waals surface area (Å²) >= 11 is 0. The fraction of sp³-hybridized carbons (Fsp3) is 0.200. The molecule has 22 heavy (non-hydrogen) atoms. The Morgan fingerprint density at radius 2 is 2.00 bits per heavy atom. The third-order valence-corrected chi connectivity index (χ3v) is 3.05. The average Bonchev–Trinajstić information content (AvgIpc) is 2.94. The number of halogens is 1. The van der Waals surface area contributed by atoms with E-state index >= 15 is 0 Å². The number of rotatable bonds is 4. The number of nitrogens with one attached hydrogen (secondary N) is 1. The van der Waals surface area contributed by atoms with E-state index in [0.29, 0.717) is 22.9 Å². The lowest BCUT2D eigenvalue weighted by Gasteiger charge is -2.05. The summed E-state index contributed by atoms with van der Waals surface area (Å²) in [6.07, 6.45) is 0. The third-order valence-electron chi connectivity index (χ3n) is 3.05. The second-order valence-corrected chi connectivity index (χ2v) is 4.94. The first-order valence-electron chi connectivity index (χ1n) is 6.61. The number of allylic oxidation sites excluding steroid dienone is 1. The van der Waals surface area contributed by atoms with Crippen LogP contribution in [0.2, 0.25) is 0 Å².